The summed E-state index contributed by atoms with van der Waals surface area (Å²) in [5.41, 5.74) is 1.12. The Morgan fingerprint density at radius 1 is 0.950 bits per heavy atom. The van der Waals surface area contributed by atoms with Gasteiger partial charge in [-0.1, -0.05) is 45.0 Å². The minimum Gasteiger partial charge on any atom is -0.495 e. The van der Waals surface area contributed by atoms with Gasteiger partial charge in [-0.15, -0.1) is 0 Å². The number of carbonyl (C=O) groups excluding carboxylic acids is 3. The molecule has 2 bridgehead atoms. The largest absolute Gasteiger partial charge is 0.495 e. The molecule has 0 aliphatic carbocycles. The van der Waals surface area contributed by atoms with Crippen LogP contribution in [0.2, 0.25) is 0 Å². The van der Waals surface area contributed by atoms with Crippen LogP contribution in [0, 0.1) is 11.2 Å². The number of aromatic nitrogens is 2. The van der Waals surface area contributed by atoms with Crippen LogP contribution in [-0.4, -0.2) is 75.8 Å². The molecule has 0 radical (unpaired) electrons. The molecule has 6 rings (SSSR count). The fourth-order valence-electron chi connectivity index (χ4n) is 6.02. The van der Waals surface area contributed by atoms with E-state index in [1.54, 1.807) is 30.2 Å². The highest BCUT2D eigenvalue weighted by Gasteiger charge is 2.50. The maximum Gasteiger partial charge on any atom is 0.270 e. The summed E-state index contributed by atoms with van der Waals surface area (Å²) in [6.07, 6.45) is 0.688. The molecule has 40 heavy (non-hydrogen) atoms. The third-order valence-electron chi connectivity index (χ3n) is 8.09. The van der Waals surface area contributed by atoms with Gasteiger partial charge in [-0.3, -0.25) is 14.4 Å². The number of benzene rings is 2. The first-order valence-electron chi connectivity index (χ1n) is 13.4. The highest BCUT2D eigenvalue weighted by atomic mass is 19.1. The third kappa shape index (κ3) is 4.27. The lowest BCUT2D eigenvalue weighted by atomic mass is 9.85. The zero-order chi connectivity index (χ0) is 28.3. The van der Waals surface area contributed by atoms with E-state index in [1.165, 1.54) is 6.07 Å². The first kappa shape index (κ1) is 25.9. The average Bonchev–Trinajstić information content (AvgIpc) is 3.71. The van der Waals surface area contributed by atoms with Gasteiger partial charge in [0, 0.05) is 23.9 Å². The van der Waals surface area contributed by atoms with Gasteiger partial charge in [0.05, 0.1) is 30.2 Å². The number of fused-ring (bicyclic) bond motifs is 4. The molecule has 3 N–H and O–H groups in total. The second-order valence-corrected chi connectivity index (χ2v) is 11.8. The molecule has 0 saturated carbocycles. The molecule has 2 fully saturated rings. The fraction of sp³-hybridized carbons (Fsp3) is 0.367. The number of nitrogens with one attached hydrogen (secondary N) is 3. The van der Waals surface area contributed by atoms with Crippen molar-refractivity contribution < 1.29 is 23.5 Å². The smallest absolute Gasteiger partial charge is 0.270 e. The van der Waals surface area contributed by atoms with Gasteiger partial charge >= 0.3 is 0 Å². The summed E-state index contributed by atoms with van der Waals surface area (Å²) in [4.78, 5) is 50.1. The van der Waals surface area contributed by atoms with E-state index in [0.717, 1.165) is 10.9 Å². The maximum atomic E-state index is 14.2. The number of halogens is 1. The molecule has 4 heterocycles. The summed E-state index contributed by atoms with van der Waals surface area (Å²) in [5.74, 6) is -0.537. The molecule has 10 heteroatoms. The molecule has 2 aliphatic rings. The Bertz CT molecular complexity index is 1650. The Labute approximate surface area is 230 Å². The van der Waals surface area contributed by atoms with Crippen molar-refractivity contribution in [1.82, 2.24) is 25.1 Å². The molecular weight excluding hydrogens is 513 g/mol. The maximum absolute atomic E-state index is 14.2. The summed E-state index contributed by atoms with van der Waals surface area (Å²) in [7, 11) is 1.59. The summed E-state index contributed by atoms with van der Waals surface area (Å²) in [6, 6.07) is 12.6. The quantitative estimate of drug-likeness (QED) is 0.351. The number of carbonyl (C=O) groups is 3. The van der Waals surface area contributed by atoms with Crippen LogP contribution < -0.4 is 10.1 Å². The molecule has 2 aromatic carbocycles. The lowest BCUT2D eigenvalue weighted by Crippen LogP contribution is -2.59. The molecule has 3 atom stereocenters. The van der Waals surface area contributed by atoms with Crippen LogP contribution in [0.3, 0.4) is 0 Å². The normalized spacial score (nSPS) is 19.4. The highest BCUT2D eigenvalue weighted by Crippen LogP contribution is 2.35. The van der Waals surface area contributed by atoms with Gasteiger partial charge in [0.1, 0.15) is 29.0 Å². The van der Waals surface area contributed by atoms with E-state index in [0.29, 0.717) is 36.3 Å². The fourth-order valence-corrected chi connectivity index (χ4v) is 6.02. The van der Waals surface area contributed by atoms with E-state index in [9.17, 15) is 18.8 Å². The number of H-pyrrole nitrogens is 2. The summed E-state index contributed by atoms with van der Waals surface area (Å²) >= 11 is 0. The first-order valence-corrected chi connectivity index (χ1v) is 13.4. The van der Waals surface area contributed by atoms with Crippen LogP contribution in [0.15, 0.2) is 48.5 Å². The molecule has 3 amide bonds. The molecule has 2 aromatic heterocycles. The molecule has 2 aliphatic heterocycles. The number of para-hydroxylation sites is 2. The van der Waals surface area contributed by atoms with Crippen molar-refractivity contribution in [3.8, 4) is 5.75 Å². The van der Waals surface area contributed by atoms with Crippen LogP contribution in [-0.2, 0) is 4.79 Å². The number of amides is 3. The first-order chi connectivity index (χ1) is 19.0. The number of ether oxygens (including phenoxy) is 1. The van der Waals surface area contributed by atoms with Crippen LogP contribution in [0.25, 0.3) is 21.8 Å². The Kier molecular flexibility index (Phi) is 6.08. The number of methoxy groups -OCH3 is 1. The summed E-state index contributed by atoms with van der Waals surface area (Å²) in [6.45, 7) is 6.52. The molecule has 3 unspecified atom stereocenters. The lowest BCUT2D eigenvalue weighted by molar-refractivity contribution is -0.138. The Balaban J connectivity index is 1.17. The Hall–Kier alpha value is -4.34. The van der Waals surface area contributed by atoms with Crippen molar-refractivity contribution >= 4 is 39.5 Å². The van der Waals surface area contributed by atoms with E-state index in [-0.39, 0.29) is 35.1 Å². The average molecular weight is 546 g/mol. The zero-order valence-electron chi connectivity index (χ0n) is 22.9. The van der Waals surface area contributed by atoms with E-state index < -0.39 is 23.2 Å². The number of aromatic amines is 2. The topological polar surface area (TPSA) is 111 Å². The minimum atomic E-state index is -0.805. The molecule has 4 aromatic rings. The second-order valence-electron chi connectivity index (χ2n) is 11.8. The van der Waals surface area contributed by atoms with Gasteiger partial charge < -0.3 is 29.8 Å². The van der Waals surface area contributed by atoms with Crippen LogP contribution in [0.4, 0.5) is 4.39 Å². The van der Waals surface area contributed by atoms with Crippen LogP contribution in [0.5, 0.6) is 5.75 Å². The zero-order valence-corrected chi connectivity index (χ0v) is 22.9. The van der Waals surface area contributed by atoms with Crippen LogP contribution >= 0.6 is 0 Å². The van der Waals surface area contributed by atoms with Crippen molar-refractivity contribution in [3.05, 3.63) is 65.7 Å². The van der Waals surface area contributed by atoms with E-state index in [4.69, 9.17) is 4.74 Å². The third-order valence-corrected chi connectivity index (χ3v) is 8.09. The molecular formula is C30H32FN5O4. The molecule has 9 nitrogen and oxygen atoms in total. The summed E-state index contributed by atoms with van der Waals surface area (Å²) in [5, 5.41) is 4.37. The van der Waals surface area contributed by atoms with Crippen molar-refractivity contribution in [1.29, 1.82) is 0 Å². The van der Waals surface area contributed by atoms with Gasteiger partial charge in [-0.05, 0) is 36.1 Å². The molecule has 2 saturated heterocycles. The Morgan fingerprint density at radius 2 is 1.57 bits per heavy atom. The van der Waals surface area contributed by atoms with Gasteiger partial charge in [-0.25, -0.2) is 4.39 Å². The van der Waals surface area contributed by atoms with Crippen LogP contribution in [0.1, 0.15) is 48.2 Å². The number of piperazine rings is 1. The summed E-state index contributed by atoms with van der Waals surface area (Å²) < 4.78 is 19.6. The number of hydrogen-bond donors (Lipinski definition) is 3. The van der Waals surface area contributed by atoms with Crippen molar-refractivity contribution in [2.24, 2.45) is 5.41 Å². The van der Waals surface area contributed by atoms with Crippen molar-refractivity contribution in [2.45, 2.75) is 45.3 Å². The SMILES string of the molecule is COc1cccc2cc(C(=O)N3CC4CC3CN4C(=O)C(NC(=O)c3cc4cccc(F)c4[nH]3)C(C)(C)C)[nH]c12. The second kappa shape index (κ2) is 9.39. The van der Waals surface area contributed by atoms with Gasteiger partial charge in [0.25, 0.3) is 11.8 Å². The minimum absolute atomic E-state index is 0.107. The van der Waals surface area contributed by atoms with E-state index in [1.807, 2.05) is 49.9 Å². The highest BCUT2D eigenvalue weighted by molar-refractivity contribution is 6.01. The van der Waals surface area contributed by atoms with E-state index >= 15 is 0 Å². The van der Waals surface area contributed by atoms with Gasteiger partial charge in [-0.2, -0.15) is 0 Å². The van der Waals surface area contributed by atoms with E-state index in [2.05, 4.69) is 15.3 Å². The van der Waals surface area contributed by atoms with Gasteiger partial charge in [0.15, 0.2) is 0 Å². The number of likely N-dealkylation sites (tertiary alicyclic amines) is 2. The Morgan fingerprint density at radius 3 is 2.23 bits per heavy atom. The predicted octanol–water partition coefficient (Wildman–Crippen LogP) is 4.07. The number of hydrogen-bond acceptors (Lipinski definition) is 4. The lowest BCUT2D eigenvalue weighted by Gasteiger charge is -2.39. The number of rotatable bonds is 5. The predicted molar refractivity (Wildman–Crippen MR) is 149 cm³/mol. The molecule has 0 spiro atoms. The monoisotopic (exact) mass is 545 g/mol. The van der Waals surface area contributed by atoms with Gasteiger partial charge in [0.2, 0.25) is 5.91 Å². The molecule has 208 valence electrons. The van der Waals surface area contributed by atoms with Crippen molar-refractivity contribution in [3.63, 3.8) is 0 Å². The van der Waals surface area contributed by atoms with Crippen molar-refractivity contribution in [2.75, 3.05) is 20.2 Å². The standard InChI is InChI=1S/C30H32FN5O4/c1-30(2,3)26(34-27(37)21-11-16-7-5-9-20(31)24(16)32-21)29(39)36-15-18-13-19(36)14-35(18)28(38)22-12-17-8-6-10-23(40-4)25(17)33-22/h5-12,18-19,26,32-33H,13-15H2,1-4H3,(H,34,37). The number of nitrogens with zero attached hydrogens (tertiary/aromatic N) is 2.